The highest BCUT2D eigenvalue weighted by molar-refractivity contribution is 6.22. The average molecular weight is 383 g/mol. The Balaban J connectivity index is 1.45. The number of ketones is 1. The van der Waals surface area contributed by atoms with Crippen LogP contribution in [0.5, 0.6) is 0 Å². The minimum absolute atomic E-state index is 0.103. The van der Waals surface area contributed by atoms with Crippen LogP contribution in [0.2, 0.25) is 0 Å². The van der Waals surface area contributed by atoms with Crippen molar-refractivity contribution >= 4 is 29.3 Å². The first-order valence-electron chi connectivity index (χ1n) is 9.87. The normalized spacial score (nSPS) is 28.6. The number of anilines is 1. The molecule has 0 unspecified atom stereocenters. The predicted molar refractivity (Wildman–Crippen MR) is 101 cm³/mol. The fourth-order valence-corrected chi connectivity index (χ4v) is 4.84. The Bertz CT molecular complexity index is 823. The average Bonchev–Trinajstić information content (AvgIpc) is 3.32. The smallest absolute Gasteiger partial charge is 0.338 e. The predicted octanol–water partition coefficient (Wildman–Crippen LogP) is 2.99. The third kappa shape index (κ3) is 2.95. The lowest BCUT2D eigenvalue weighted by Gasteiger charge is -2.19. The summed E-state index contributed by atoms with van der Waals surface area (Å²) < 4.78 is 5.09. The molecule has 3 aliphatic rings. The van der Waals surface area contributed by atoms with Gasteiger partial charge >= 0.3 is 5.97 Å². The molecule has 6 nitrogen and oxygen atoms in total. The molecular formula is C22H25NO5. The zero-order chi connectivity index (χ0) is 20.2. The van der Waals surface area contributed by atoms with Crippen LogP contribution in [0, 0.1) is 29.1 Å². The summed E-state index contributed by atoms with van der Waals surface area (Å²) >= 11 is 0. The quantitative estimate of drug-likeness (QED) is 0.590. The molecule has 148 valence electrons. The van der Waals surface area contributed by atoms with Crippen LogP contribution in [0.15, 0.2) is 24.3 Å². The van der Waals surface area contributed by atoms with Crippen molar-refractivity contribution in [2.45, 2.75) is 40.0 Å². The molecule has 2 aliphatic carbocycles. The fourth-order valence-electron chi connectivity index (χ4n) is 4.84. The van der Waals surface area contributed by atoms with E-state index >= 15 is 0 Å². The maximum atomic E-state index is 12.9. The molecule has 1 aromatic carbocycles. The Morgan fingerprint density at radius 1 is 1.00 bits per heavy atom. The summed E-state index contributed by atoms with van der Waals surface area (Å²) in [5, 5.41) is 0. The molecule has 1 saturated heterocycles. The Hall–Kier alpha value is -2.50. The molecule has 6 heteroatoms. The molecule has 1 aromatic rings. The molecule has 3 fully saturated rings. The molecule has 0 N–H and O–H groups in total. The zero-order valence-corrected chi connectivity index (χ0v) is 16.4. The second-order valence-electron chi connectivity index (χ2n) is 9.19. The summed E-state index contributed by atoms with van der Waals surface area (Å²) in [4.78, 5) is 51.1. The van der Waals surface area contributed by atoms with Crippen LogP contribution in [-0.2, 0) is 19.1 Å². The van der Waals surface area contributed by atoms with Gasteiger partial charge < -0.3 is 4.74 Å². The summed E-state index contributed by atoms with van der Waals surface area (Å²) in [5.74, 6) is -0.623. The van der Waals surface area contributed by atoms with E-state index in [1.165, 1.54) is 17.0 Å². The van der Waals surface area contributed by atoms with Crippen molar-refractivity contribution in [3.63, 3.8) is 0 Å². The van der Waals surface area contributed by atoms with Gasteiger partial charge in [0.2, 0.25) is 11.8 Å². The van der Waals surface area contributed by atoms with Crippen molar-refractivity contribution in [3.05, 3.63) is 29.8 Å². The van der Waals surface area contributed by atoms with Crippen LogP contribution >= 0.6 is 0 Å². The molecule has 1 heterocycles. The largest absolute Gasteiger partial charge is 0.454 e. The van der Waals surface area contributed by atoms with E-state index in [0.29, 0.717) is 17.5 Å². The van der Waals surface area contributed by atoms with E-state index in [1.54, 1.807) is 32.9 Å². The van der Waals surface area contributed by atoms with E-state index in [9.17, 15) is 19.2 Å². The van der Waals surface area contributed by atoms with Crippen LogP contribution in [-0.4, -0.2) is 30.2 Å². The van der Waals surface area contributed by atoms with Crippen molar-refractivity contribution in [3.8, 4) is 0 Å². The van der Waals surface area contributed by atoms with Crippen molar-refractivity contribution in [1.29, 1.82) is 0 Å². The summed E-state index contributed by atoms with van der Waals surface area (Å²) in [5.41, 5.74) is 0.203. The van der Waals surface area contributed by atoms with E-state index in [2.05, 4.69) is 0 Å². The molecular weight excluding hydrogens is 358 g/mol. The number of amides is 2. The lowest BCUT2D eigenvalue weighted by atomic mass is 9.81. The standard InChI is InChI=1S/C22H25NO5/c1-22(2,3)16(24)11-28-21(27)12-6-8-15(9-7-12)23-19(25)17-13-4-5-14(10-13)18(17)20(23)26/h6-9,13-14,17-18H,4-5,10-11H2,1-3H3/t13-,14-,17-,18-/m0/s1. The van der Waals surface area contributed by atoms with Crippen LogP contribution in [0.3, 0.4) is 0 Å². The van der Waals surface area contributed by atoms with Gasteiger partial charge in [-0.15, -0.1) is 0 Å². The van der Waals surface area contributed by atoms with Gasteiger partial charge in [0.05, 0.1) is 23.1 Å². The van der Waals surface area contributed by atoms with Crippen molar-refractivity contribution in [2.75, 3.05) is 11.5 Å². The van der Waals surface area contributed by atoms with Gasteiger partial charge in [0.1, 0.15) is 0 Å². The van der Waals surface area contributed by atoms with Gasteiger partial charge in [0.25, 0.3) is 0 Å². The van der Waals surface area contributed by atoms with Gasteiger partial charge in [0.15, 0.2) is 12.4 Å². The van der Waals surface area contributed by atoms with Crippen molar-refractivity contribution in [2.24, 2.45) is 29.1 Å². The Morgan fingerprint density at radius 3 is 2.04 bits per heavy atom. The van der Waals surface area contributed by atoms with Crippen LogP contribution < -0.4 is 4.90 Å². The molecule has 2 amide bonds. The molecule has 0 spiro atoms. The van der Waals surface area contributed by atoms with E-state index in [-0.39, 0.29) is 41.6 Å². The molecule has 1 aliphatic heterocycles. The van der Waals surface area contributed by atoms with Crippen molar-refractivity contribution in [1.82, 2.24) is 0 Å². The fraction of sp³-hybridized carbons (Fsp3) is 0.545. The summed E-state index contributed by atoms with van der Waals surface area (Å²) in [7, 11) is 0. The number of nitrogens with zero attached hydrogens (tertiary/aromatic N) is 1. The maximum Gasteiger partial charge on any atom is 0.338 e. The Labute approximate surface area is 164 Å². The Morgan fingerprint density at radius 2 is 1.54 bits per heavy atom. The Kier molecular flexibility index (Phi) is 4.40. The van der Waals surface area contributed by atoms with E-state index in [1.807, 2.05) is 0 Å². The molecule has 4 atom stereocenters. The molecule has 0 radical (unpaired) electrons. The van der Waals surface area contributed by atoms with E-state index in [4.69, 9.17) is 4.74 Å². The summed E-state index contributed by atoms with van der Waals surface area (Å²) in [6.07, 6.45) is 3.08. The molecule has 28 heavy (non-hydrogen) atoms. The minimum atomic E-state index is -0.599. The lowest BCUT2D eigenvalue weighted by molar-refractivity contribution is -0.129. The van der Waals surface area contributed by atoms with Crippen LogP contribution in [0.4, 0.5) is 5.69 Å². The third-order valence-electron chi connectivity index (χ3n) is 6.46. The second kappa shape index (κ2) is 6.54. The van der Waals surface area contributed by atoms with Crippen molar-refractivity contribution < 1.29 is 23.9 Å². The topological polar surface area (TPSA) is 80.8 Å². The lowest BCUT2D eigenvalue weighted by Crippen LogP contribution is -2.32. The summed E-state index contributed by atoms with van der Waals surface area (Å²) in [6.45, 7) is 5.02. The number of rotatable bonds is 4. The number of benzene rings is 1. The summed E-state index contributed by atoms with van der Waals surface area (Å²) in [6, 6.07) is 6.26. The van der Waals surface area contributed by atoms with E-state index < -0.39 is 11.4 Å². The third-order valence-corrected chi connectivity index (χ3v) is 6.46. The highest BCUT2D eigenvalue weighted by atomic mass is 16.5. The molecule has 2 bridgehead atoms. The number of carbonyl (C=O) groups excluding carboxylic acids is 4. The van der Waals surface area contributed by atoms with Crippen LogP contribution in [0.25, 0.3) is 0 Å². The number of esters is 1. The van der Waals surface area contributed by atoms with Gasteiger partial charge in [-0.05, 0) is 55.4 Å². The number of hydrogen-bond donors (Lipinski definition) is 0. The van der Waals surface area contributed by atoms with Gasteiger partial charge in [-0.3, -0.25) is 19.3 Å². The van der Waals surface area contributed by atoms with Gasteiger partial charge in [-0.2, -0.15) is 0 Å². The molecule has 4 rings (SSSR count). The molecule has 2 saturated carbocycles. The number of carbonyl (C=O) groups is 4. The number of hydrogen-bond acceptors (Lipinski definition) is 5. The zero-order valence-electron chi connectivity index (χ0n) is 16.4. The first-order chi connectivity index (χ1) is 13.2. The number of fused-ring (bicyclic) bond motifs is 5. The maximum absolute atomic E-state index is 12.9. The SMILES string of the molecule is CC(C)(C)C(=O)COC(=O)c1ccc(N2C(=O)[C@H]3[C@H]4CC[C@@H](C4)[C@@H]3C2=O)cc1. The number of Topliss-reactive ketones (excluding diaryl/α,β-unsaturated/α-hetero) is 1. The number of imide groups is 1. The van der Waals surface area contributed by atoms with Gasteiger partial charge in [-0.25, -0.2) is 4.79 Å². The van der Waals surface area contributed by atoms with Crippen LogP contribution in [0.1, 0.15) is 50.4 Å². The molecule has 0 aromatic heterocycles. The van der Waals surface area contributed by atoms with Gasteiger partial charge in [0, 0.05) is 5.41 Å². The minimum Gasteiger partial charge on any atom is -0.454 e. The first kappa shape index (κ1) is 18.8. The monoisotopic (exact) mass is 383 g/mol. The highest BCUT2D eigenvalue weighted by Crippen LogP contribution is 2.56. The van der Waals surface area contributed by atoms with Gasteiger partial charge in [-0.1, -0.05) is 20.8 Å². The first-order valence-corrected chi connectivity index (χ1v) is 9.87. The second-order valence-corrected chi connectivity index (χ2v) is 9.19. The highest BCUT2D eigenvalue weighted by Gasteiger charge is 2.61. The number of ether oxygens (including phenoxy) is 1. The van der Waals surface area contributed by atoms with E-state index in [0.717, 1.165) is 19.3 Å².